The molecule has 0 aliphatic heterocycles. The van der Waals surface area contributed by atoms with Crippen molar-refractivity contribution in [1.29, 1.82) is 0 Å². The van der Waals surface area contributed by atoms with E-state index in [0.717, 1.165) is 31.6 Å². The van der Waals surface area contributed by atoms with Gasteiger partial charge in [0, 0.05) is 12.3 Å². The molecule has 1 aliphatic carbocycles. The van der Waals surface area contributed by atoms with Gasteiger partial charge in [0.05, 0.1) is 0 Å². The largest absolute Gasteiger partial charge is 0.299 e. The highest BCUT2D eigenvalue weighted by Gasteiger charge is 2.26. The normalized spacial score (nSPS) is 31.2. The van der Waals surface area contributed by atoms with Crippen LogP contribution >= 0.6 is 0 Å². The van der Waals surface area contributed by atoms with Crippen molar-refractivity contribution >= 4 is 5.78 Å². The highest BCUT2D eigenvalue weighted by Crippen LogP contribution is 2.29. The highest BCUT2D eigenvalue weighted by molar-refractivity contribution is 5.81. The standard InChI is InChI=1S/C11H20O/c1-8(2)6-10-7-9(3)4-5-11(10)12/h8-10H,4-7H2,1-3H3/t9-,10-/m0/s1. The molecule has 2 atom stereocenters. The van der Waals surface area contributed by atoms with Gasteiger partial charge in [0.2, 0.25) is 0 Å². The maximum Gasteiger partial charge on any atom is 0.136 e. The van der Waals surface area contributed by atoms with Crippen LogP contribution in [0.3, 0.4) is 0 Å². The molecule has 1 fully saturated rings. The lowest BCUT2D eigenvalue weighted by molar-refractivity contribution is -0.126. The zero-order chi connectivity index (χ0) is 9.14. The Labute approximate surface area is 75.5 Å². The first-order valence-corrected chi connectivity index (χ1v) is 5.12. The summed E-state index contributed by atoms with van der Waals surface area (Å²) >= 11 is 0. The maximum absolute atomic E-state index is 11.5. The summed E-state index contributed by atoms with van der Waals surface area (Å²) in [5.74, 6) is 2.34. The number of carbonyl (C=O) groups is 1. The van der Waals surface area contributed by atoms with Crippen LogP contribution in [0.2, 0.25) is 0 Å². The molecule has 70 valence electrons. The van der Waals surface area contributed by atoms with E-state index in [4.69, 9.17) is 0 Å². The zero-order valence-electron chi connectivity index (χ0n) is 8.47. The van der Waals surface area contributed by atoms with Gasteiger partial charge < -0.3 is 0 Å². The SMILES string of the molecule is CC(C)C[C@H]1C[C@@H](C)CCC1=O. The van der Waals surface area contributed by atoms with Gasteiger partial charge in [-0.3, -0.25) is 4.79 Å². The number of ketones is 1. The average Bonchev–Trinajstić information content (AvgIpc) is 1.96. The third kappa shape index (κ3) is 2.62. The molecule has 0 aromatic rings. The molecule has 0 aromatic heterocycles. The predicted molar refractivity (Wildman–Crippen MR) is 51.0 cm³/mol. The summed E-state index contributed by atoms with van der Waals surface area (Å²) in [6.45, 7) is 6.67. The number of carbonyl (C=O) groups excluding carboxylic acids is 1. The lowest BCUT2D eigenvalue weighted by Crippen LogP contribution is -2.24. The van der Waals surface area contributed by atoms with E-state index in [1.807, 2.05) is 0 Å². The Morgan fingerprint density at radius 1 is 1.50 bits per heavy atom. The Balaban J connectivity index is 2.43. The van der Waals surface area contributed by atoms with Gasteiger partial charge in [-0.05, 0) is 31.1 Å². The fourth-order valence-corrected chi connectivity index (χ4v) is 2.12. The lowest BCUT2D eigenvalue weighted by Gasteiger charge is -2.26. The minimum absolute atomic E-state index is 0.383. The first kappa shape index (κ1) is 9.76. The molecule has 1 nitrogen and oxygen atoms in total. The summed E-state index contributed by atoms with van der Waals surface area (Å²) in [4.78, 5) is 11.5. The molecule has 0 saturated heterocycles. The number of hydrogen-bond donors (Lipinski definition) is 0. The molecule has 0 unspecified atom stereocenters. The monoisotopic (exact) mass is 168 g/mol. The van der Waals surface area contributed by atoms with Gasteiger partial charge in [-0.15, -0.1) is 0 Å². The lowest BCUT2D eigenvalue weighted by atomic mass is 9.78. The van der Waals surface area contributed by atoms with Crippen molar-refractivity contribution in [1.82, 2.24) is 0 Å². The fraction of sp³-hybridized carbons (Fsp3) is 0.909. The molecule has 1 heteroatoms. The third-order valence-electron chi connectivity index (χ3n) is 2.78. The number of hydrogen-bond acceptors (Lipinski definition) is 1. The van der Waals surface area contributed by atoms with Crippen LogP contribution in [0.1, 0.15) is 46.5 Å². The van der Waals surface area contributed by atoms with E-state index in [2.05, 4.69) is 20.8 Å². The molecule has 0 radical (unpaired) electrons. The molecule has 1 aliphatic rings. The van der Waals surface area contributed by atoms with Crippen LogP contribution in [0, 0.1) is 17.8 Å². The Kier molecular flexibility index (Phi) is 3.30. The summed E-state index contributed by atoms with van der Waals surface area (Å²) in [6, 6.07) is 0. The maximum atomic E-state index is 11.5. The summed E-state index contributed by atoms with van der Waals surface area (Å²) < 4.78 is 0. The van der Waals surface area contributed by atoms with Gasteiger partial charge >= 0.3 is 0 Å². The number of rotatable bonds is 2. The van der Waals surface area contributed by atoms with E-state index >= 15 is 0 Å². The summed E-state index contributed by atoms with van der Waals surface area (Å²) in [5.41, 5.74) is 0. The Morgan fingerprint density at radius 2 is 2.17 bits per heavy atom. The predicted octanol–water partition coefficient (Wildman–Crippen LogP) is 3.04. The Morgan fingerprint density at radius 3 is 2.75 bits per heavy atom. The highest BCUT2D eigenvalue weighted by atomic mass is 16.1. The van der Waals surface area contributed by atoms with E-state index in [9.17, 15) is 4.79 Å². The molecular weight excluding hydrogens is 148 g/mol. The van der Waals surface area contributed by atoms with Gasteiger partial charge in [-0.1, -0.05) is 20.8 Å². The molecule has 0 N–H and O–H groups in total. The topological polar surface area (TPSA) is 17.1 Å². The van der Waals surface area contributed by atoms with Crippen LogP contribution in [0.25, 0.3) is 0 Å². The van der Waals surface area contributed by atoms with E-state index in [0.29, 0.717) is 17.6 Å². The molecule has 0 spiro atoms. The molecule has 0 amide bonds. The van der Waals surface area contributed by atoms with Crippen molar-refractivity contribution in [3.8, 4) is 0 Å². The van der Waals surface area contributed by atoms with Gasteiger partial charge in [0.15, 0.2) is 0 Å². The van der Waals surface area contributed by atoms with Crippen molar-refractivity contribution in [2.75, 3.05) is 0 Å². The second kappa shape index (κ2) is 4.06. The molecular formula is C11H20O. The van der Waals surface area contributed by atoms with Gasteiger partial charge in [-0.25, -0.2) is 0 Å². The zero-order valence-corrected chi connectivity index (χ0v) is 8.47. The molecule has 1 rings (SSSR count). The van der Waals surface area contributed by atoms with Gasteiger partial charge in [0.1, 0.15) is 5.78 Å². The summed E-state index contributed by atoms with van der Waals surface area (Å²) in [7, 11) is 0. The molecule has 0 aromatic carbocycles. The first-order valence-electron chi connectivity index (χ1n) is 5.12. The Bertz CT molecular complexity index is 158. The van der Waals surface area contributed by atoms with Gasteiger partial charge in [-0.2, -0.15) is 0 Å². The first-order chi connectivity index (χ1) is 5.59. The second-order valence-corrected chi connectivity index (χ2v) is 4.67. The van der Waals surface area contributed by atoms with Crippen molar-refractivity contribution in [3.63, 3.8) is 0 Å². The van der Waals surface area contributed by atoms with Crippen LogP contribution in [-0.4, -0.2) is 5.78 Å². The van der Waals surface area contributed by atoms with E-state index in [-0.39, 0.29) is 0 Å². The van der Waals surface area contributed by atoms with Crippen LogP contribution in [0.4, 0.5) is 0 Å². The second-order valence-electron chi connectivity index (χ2n) is 4.67. The molecule has 1 saturated carbocycles. The van der Waals surface area contributed by atoms with E-state index in [1.165, 1.54) is 0 Å². The minimum atomic E-state index is 0.383. The summed E-state index contributed by atoms with van der Waals surface area (Å²) in [6.07, 6.45) is 4.19. The molecule has 12 heavy (non-hydrogen) atoms. The average molecular weight is 168 g/mol. The van der Waals surface area contributed by atoms with Crippen molar-refractivity contribution in [2.45, 2.75) is 46.5 Å². The fourth-order valence-electron chi connectivity index (χ4n) is 2.12. The molecule has 0 heterocycles. The van der Waals surface area contributed by atoms with Crippen LogP contribution in [0.15, 0.2) is 0 Å². The quantitative estimate of drug-likeness (QED) is 0.619. The summed E-state index contributed by atoms with van der Waals surface area (Å²) in [5, 5.41) is 0. The van der Waals surface area contributed by atoms with Crippen molar-refractivity contribution < 1.29 is 4.79 Å². The van der Waals surface area contributed by atoms with E-state index < -0.39 is 0 Å². The van der Waals surface area contributed by atoms with Crippen LogP contribution in [0.5, 0.6) is 0 Å². The molecule has 0 bridgehead atoms. The van der Waals surface area contributed by atoms with Gasteiger partial charge in [0.25, 0.3) is 0 Å². The third-order valence-corrected chi connectivity index (χ3v) is 2.78. The van der Waals surface area contributed by atoms with Crippen LogP contribution < -0.4 is 0 Å². The minimum Gasteiger partial charge on any atom is -0.299 e. The van der Waals surface area contributed by atoms with Crippen LogP contribution in [-0.2, 0) is 4.79 Å². The van der Waals surface area contributed by atoms with Crippen molar-refractivity contribution in [2.24, 2.45) is 17.8 Å². The number of Topliss-reactive ketones (excluding diaryl/α,β-unsaturated/α-hetero) is 1. The smallest absolute Gasteiger partial charge is 0.136 e. The Hall–Kier alpha value is -0.330. The van der Waals surface area contributed by atoms with Crippen molar-refractivity contribution in [3.05, 3.63) is 0 Å². The van der Waals surface area contributed by atoms with E-state index in [1.54, 1.807) is 0 Å².